The van der Waals surface area contributed by atoms with E-state index in [1.165, 1.54) is 6.39 Å². The first-order valence-corrected chi connectivity index (χ1v) is 6.31. The molecule has 0 spiro atoms. The van der Waals surface area contributed by atoms with E-state index < -0.39 is 0 Å². The minimum absolute atomic E-state index is 0.346. The zero-order valence-corrected chi connectivity index (χ0v) is 10.8. The summed E-state index contributed by atoms with van der Waals surface area (Å²) >= 11 is 0. The zero-order chi connectivity index (χ0) is 13.1. The van der Waals surface area contributed by atoms with E-state index in [1.54, 1.807) is 13.3 Å². The van der Waals surface area contributed by atoms with Gasteiger partial charge in [-0.15, -0.1) is 0 Å². The van der Waals surface area contributed by atoms with E-state index in [0.29, 0.717) is 12.6 Å². The second-order valence-electron chi connectivity index (χ2n) is 4.50. The van der Waals surface area contributed by atoms with Crippen LogP contribution in [0.2, 0.25) is 0 Å². The van der Waals surface area contributed by atoms with Crippen molar-refractivity contribution in [2.75, 3.05) is 12.4 Å². The lowest BCUT2D eigenvalue weighted by Gasteiger charge is -2.12. The van der Waals surface area contributed by atoms with Crippen molar-refractivity contribution >= 4 is 5.69 Å². The summed E-state index contributed by atoms with van der Waals surface area (Å²) in [4.78, 5) is 3.88. The Balaban J connectivity index is 1.70. The normalized spacial score (nSPS) is 14.2. The Labute approximate surface area is 111 Å². The van der Waals surface area contributed by atoms with Crippen LogP contribution in [0.25, 0.3) is 0 Å². The number of aromatic nitrogens is 1. The van der Waals surface area contributed by atoms with Crippen LogP contribution in [0, 0.1) is 0 Å². The molecule has 1 aromatic carbocycles. The molecule has 1 fully saturated rings. The minimum atomic E-state index is 0.346. The third-order valence-electron chi connectivity index (χ3n) is 2.93. The molecule has 0 saturated heterocycles. The van der Waals surface area contributed by atoms with Crippen LogP contribution in [-0.4, -0.2) is 18.2 Å². The van der Waals surface area contributed by atoms with Crippen molar-refractivity contribution in [3.8, 4) is 11.5 Å². The molecule has 0 bridgehead atoms. The number of hydrogen-bond acceptors (Lipinski definition) is 5. The Hall–Kier alpha value is -2.17. The Morgan fingerprint density at radius 1 is 1.37 bits per heavy atom. The maximum atomic E-state index is 5.82. The topological polar surface area (TPSA) is 56.5 Å². The summed E-state index contributed by atoms with van der Waals surface area (Å²) in [6.07, 6.45) is 5.71. The molecule has 19 heavy (non-hydrogen) atoms. The van der Waals surface area contributed by atoms with Crippen molar-refractivity contribution in [3.05, 3.63) is 36.5 Å². The Morgan fingerprint density at radius 2 is 2.26 bits per heavy atom. The lowest BCUT2D eigenvalue weighted by Crippen LogP contribution is -2.02. The molecule has 100 valence electrons. The van der Waals surface area contributed by atoms with Gasteiger partial charge in [0.2, 0.25) is 0 Å². The van der Waals surface area contributed by atoms with Gasteiger partial charge in [-0.3, -0.25) is 0 Å². The van der Waals surface area contributed by atoms with Crippen molar-refractivity contribution in [3.63, 3.8) is 0 Å². The van der Waals surface area contributed by atoms with Gasteiger partial charge in [-0.2, -0.15) is 0 Å². The van der Waals surface area contributed by atoms with Crippen molar-refractivity contribution in [2.45, 2.75) is 25.5 Å². The fourth-order valence-electron chi connectivity index (χ4n) is 1.76. The second-order valence-corrected chi connectivity index (χ2v) is 4.50. The van der Waals surface area contributed by atoms with Crippen LogP contribution in [0.15, 0.2) is 35.2 Å². The number of hydrogen-bond donors (Lipinski definition) is 1. The fraction of sp³-hybridized carbons (Fsp3) is 0.357. The molecule has 3 rings (SSSR count). The van der Waals surface area contributed by atoms with Gasteiger partial charge in [-0.1, -0.05) is 0 Å². The predicted octanol–water partition coefficient (Wildman–Crippen LogP) is 2.84. The summed E-state index contributed by atoms with van der Waals surface area (Å²) in [6.45, 7) is 0.592. The second kappa shape index (κ2) is 5.22. The highest BCUT2D eigenvalue weighted by molar-refractivity contribution is 5.55. The van der Waals surface area contributed by atoms with Gasteiger partial charge < -0.3 is 19.2 Å². The summed E-state index contributed by atoms with van der Waals surface area (Å²) < 4.78 is 16.3. The fourth-order valence-corrected chi connectivity index (χ4v) is 1.76. The molecule has 5 nitrogen and oxygen atoms in total. The van der Waals surface area contributed by atoms with Gasteiger partial charge in [0.1, 0.15) is 5.76 Å². The third-order valence-corrected chi connectivity index (χ3v) is 2.93. The van der Waals surface area contributed by atoms with E-state index >= 15 is 0 Å². The molecule has 2 aromatic rings. The van der Waals surface area contributed by atoms with E-state index in [9.17, 15) is 0 Å². The smallest absolute Gasteiger partial charge is 0.180 e. The van der Waals surface area contributed by atoms with E-state index in [0.717, 1.165) is 35.8 Å². The monoisotopic (exact) mass is 260 g/mol. The SMILES string of the molecule is COc1ccc(NCc2cnco2)cc1OC1CC1. The molecule has 1 aliphatic rings. The van der Waals surface area contributed by atoms with Gasteiger partial charge in [-0.25, -0.2) is 4.98 Å². The molecule has 0 atom stereocenters. The molecule has 5 heteroatoms. The highest BCUT2D eigenvalue weighted by atomic mass is 16.5. The van der Waals surface area contributed by atoms with Gasteiger partial charge in [0.25, 0.3) is 0 Å². The Morgan fingerprint density at radius 3 is 2.95 bits per heavy atom. The molecule has 0 aliphatic heterocycles. The van der Waals surface area contributed by atoms with Crippen LogP contribution in [0.3, 0.4) is 0 Å². The molecule has 0 unspecified atom stereocenters. The molecule has 1 aromatic heterocycles. The highest BCUT2D eigenvalue weighted by Crippen LogP contribution is 2.35. The summed E-state index contributed by atoms with van der Waals surface area (Å²) in [5, 5.41) is 3.26. The number of ether oxygens (including phenoxy) is 2. The lowest BCUT2D eigenvalue weighted by atomic mass is 10.2. The first-order chi connectivity index (χ1) is 9.35. The van der Waals surface area contributed by atoms with E-state index in [2.05, 4.69) is 10.3 Å². The average Bonchev–Trinajstić information content (AvgIpc) is 3.09. The number of oxazole rings is 1. The number of nitrogens with zero attached hydrogens (tertiary/aromatic N) is 1. The Kier molecular flexibility index (Phi) is 3.27. The van der Waals surface area contributed by atoms with Crippen LogP contribution < -0.4 is 14.8 Å². The van der Waals surface area contributed by atoms with Crippen molar-refractivity contribution in [1.82, 2.24) is 4.98 Å². The number of benzene rings is 1. The van der Waals surface area contributed by atoms with Crippen molar-refractivity contribution in [1.29, 1.82) is 0 Å². The van der Waals surface area contributed by atoms with Crippen LogP contribution in [0.1, 0.15) is 18.6 Å². The molecule has 1 N–H and O–H groups in total. The van der Waals surface area contributed by atoms with Crippen molar-refractivity contribution < 1.29 is 13.9 Å². The van der Waals surface area contributed by atoms with Crippen LogP contribution in [0.5, 0.6) is 11.5 Å². The number of nitrogens with one attached hydrogen (secondary N) is 1. The first-order valence-electron chi connectivity index (χ1n) is 6.31. The summed E-state index contributed by atoms with van der Waals surface area (Å²) in [6, 6.07) is 5.81. The van der Waals surface area contributed by atoms with E-state index in [-0.39, 0.29) is 0 Å². The molecular weight excluding hydrogens is 244 g/mol. The summed E-state index contributed by atoms with van der Waals surface area (Å²) in [5.41, 5.74) is 0.966. The summed E-state index contributed by atoms with van der Waals surface area (Å²) in [5.74, 6) is 2.34. The number of anilines is 1. The average molecular weight is 260 g/mol. The maximum absolute atomic E-state index is 5.82. The minimum Gasteiger partial charge on any atom is -0.493 e. The van der Waals surface area contributed by atoms with E-state index in [4.69, 9.17) is 13.9 Å². The third kappa shape index (κ3) is 2.99. The van der Waals surface area contributed by atoms with Gasteiger partial charge in [0.15, 0.2) is 17.9 Å². The van der Waals surface area contributed by atoms with E-state index in [1.807, 2.05) is 18.2 Å². The molecule has 0 amide bonds. The Bertz CT molecular complexity index is 536. The standard InChI is InChI=1S/C14H16N2O3/c1-17-13-5-2-10(6-14(13)19-11-3-4-11)16-8-12-7-15-9-18-12/h2,5-7,9,11,16H,3-4,8H2,1H3. The largest absolute Gasteiger partial charge is 0.493 e. The van der Waals surface area contributed by atoms with Gasteiger partial charge >= 0.3 is 0 Å². The van der Waals surface area contributed by atoms with Gasteiger partial charge in [0.05, 0.1) is 26.0 Å². The van der Waals surface area contributed by atoms with Crippen molar-refractivity contribution in [2.24, 2.45) is 0 Å². The van der Waals surface area contributed by atoms with Gasteiger partial charge in [0, 0.05) is 11.8 Å². The summed E-state index contributed by atoms with van der Waals surface area (Å²) in [7, 11) is 1.65. The number of methoxy groups -OCH3 is 1. The molecule has 1 aliphatic carbocycles. The van der Waals surface area contributed by atoms with Crippen LogP contribution in [0.4, 0.5) is 5.69 Å². The molecular formula is C14H16N2O3. The molecule has 1 saturated carbocycles. The molecule has 1 heterocycles. The maximum Gasteiger partial charge on any atom is 0.180 e. The van der Waals surface area contributed by atoms with Crippen LogP contribution in [-0.2, 0) is 6.54 Å². The molecule has 0 radical (unpaired) electrons. The lowest BCUT2D eigenvalue weighted by molar-refractivity contribution is 0.282. The highest BCUT2D eigenvalue weighted by Gasteiger charge is 2.25. The first kappa shape index (κ1) is 11.9. The zero-order valence-electron chi connectivity index (χ0n) is 10.8. The van der Waals surface area contributed by atoms with Crippen LogP contribution >= 0.6 is 0 Å². The predicted molar refractivity (Wildman–Crippen MR) is 70.5 cm³/mol. The number of rotatable bonds is 6. The van der Waals surface area contributed by atoms with Gasteiger partial charge in [-0.05, 0) is 25.0 Å². The quantitative estimate of drug-likeness (QED) is 0.865.